The number of rotatable bonds is 4. The number of aromatic nitrogens is 2. The van der Waals surface area contributed by atoms with Gasteiger partial charge in [0.15, 0.2) is 0 Å². The van der Waals surface area contributed by atoms with Crippen LogP contribution in [0.1, 0.15) is 11.4 Å². The van der Waals surface area contributed by atoms with E-state index in [1.807, 2.05) is 11.6 Å². The van der Waals surface area contributed by atoms with Crippen LogP contribution < -0.4 is 0 Å². The average Bonchev–Trinajstić information content (AvgIpc) is 2.89. The Bertz CT molecular complexity index is 974. The second kappa shape index (κ2) is 5.92. The van der Waals surface area contributed by atoms with Crippen molar-refractivity contribution in [3.63, 3.8) is 0 Å². The summed E-state index contributed by atoms with van der Waals surface area (Å²) in [5, 5.41) is 21.5. The summed E-state index contributed by atoms with van der Waals surface area (Å²) in [7, 11) is 1.82. The van der Waals surface area contributed by atoms with Crippen LogP contribution in [0.15, 0.2) is 42.5 Å². The molecule has 0 saturated heterocycles. The van der Waals surface area contributed by atoms with Crippen molar-refractivity contribution < 1.29 is 9.85 Å². The van der Waals surface area contributed by atoms with Crippen LogP contribution in [0.2, 0.25) is 0 Å². The number of fused-ring (bicyclic) bond motifs is 1. The summed E-state index contributed by atoms with van der Waals surface area (Å²) in [5.41, 5.74) is 2.13. The Morgan fingerprint density at radius 3 is 2.21 bits per heavy atom. The molecule has 0 aliphatic heterocycles. The number of hydrogen-bond donors (Lipinski definition) is 0. The molecule has 0 saturated carbocycles. The molecule has 0 fully saturated rings. The second-order valence-corrected chi connectivity index (χ2v) is 5.14. The zero-order chi connectivity index (χ0) is 17.3. The van der Waals surface area contributed by atoms with Gasteiger partial charge in [0.2, 0.25) is 0 Å². The summed E-state index contributed by atoms with van der Waals surface area (Å²) in [6.07, 6.45) is 3.53. The molecule has 1 aromatic heterocycles. The minimum absolute atomic E-state index is 0.00787. The van der Waals surface area contributed by atoms with Gasteiger partial charge in [-0.3, -0.25) is 20.2 Å². The number of imidazole rings is 1. The molecule has 0 bridgehead atoms. The van der Waals surface area contributed by atoms with Gasteiger partial charge >= 0.3 is 0 Å². The van der Waals surface area contributed by atoms with Crippen molar-refractivity contribution in [2.75, 3.05) is 0 Å². The third-order valence-electron chi connectivity index (χ3n) is 3.64. The third kappa shape index (κ3) is 2.84. The molecule has 8 nitrogen and oxygen atoms in total. The lowest BCUT2D eigenvalue weighted by molar-refractivity contribution is -0.385. The topological polar surface area (TPSA) is 104 Å². The van der Waals surface area contributed by atoms with Gasteiger partial charge in [-0.25, -0.2) is 4.98 Å². The smallest absolute Gasteiger partial charge is 0.271 e. The van der Waals surface area contributed by atoms with E-state index in [2.05, 4.69) is 4.98 Å². The molecule has 24 heavy (non-hydrogen) atoms. The van der Waals surface area contributed by atoms with Crippen LogP contribution in [0.3, 0.4) is 0 Å². The highest BCUT2D eigenvalue weighted by atomic mass is 16.6. The molecule has 1 heterocycles. The van der Waals surface area contributed by atoms with Crippen molar-refractivity contribution >= 4 is 34.6 Å². The predicted octanol–water partition coefficient (Wildman–Crippen LogP) is 3.56. The molecule has 8 heteroatoms. The van der Waals surface area contributed by atoms with Crippen molar-refractivity contribution in [1.82, 2.24) is 9.55 Å². The molecule has 2 aromatic carbocycles. The Morgan fingerprint density at radius 2 is 1.58 bits per heavy atom. The molecule has 0 spiro atoms. The first-order chi connectivity index (χ1) is 11.5. The molecule has 0 aliphatic rings. The zero-order valence-corrected chi connectivity index (χ0v) is 12.6. The number of benzene rings is 2. The Labute approximate surface area is 136 Å². The predicted molar refractivity (Wildman–Crippen MR) is 89.4 cm³/mol. The van der Waals surface area contributed by atoms with E-state index in [9.17, 15) is 20.2 Å². The highest BCUT2D eigenvalue weighted by molar-refractivity contribution is 5.81. The van der Waals surface area contributed by atoms with Crippen LogP contribution in [-0.4, -0.2) is 19.4 Å². The zero-order valence-electron chi connectivity index (χ0n) is 12.6. The highest BCUT2D eigenvalue weighted by Crippen LogP contribution is 2.22. The van der Waals surface area contributed by atoms with Crippen LogP contribution >= 0.6 is 0 Å². The minimum atomic E-state index is -0.458. The summed E-state index contributed by atoms with van der Waals surface area (Å²) in [6.45, 7) is 0. The fourth-order valence-corrected chi connectivity index (χ4v) is 2.35. The summed E-state index contributed by atoms with van der Waals surface area (Å²) >= 11 is 0. The number of nitro benzene ring substituents is 2. The van der Waals surface area contributed by atoms with Gasteiger partial charge in [-0.15, -0.1) is 0 Å². The Balaban J connectivity index is 1.93. The van der Waals surface area contributed by atoms with E-state index in [4.69, 9.17) is 0 Å². The van der Waals surface area contributed by atoms with E-state index in [1.165, 1.54) is 24.3 Å². The van der Waals surface area contributed by atoms with Crippen molar-refractivity contribution in [3.05, 3.63) is 74.1 Å². The summed E-state index contributed by atoms with van der Waals surface area (Å²) in [4.78, 5) is 24.9. The average molecular weight is 324 g/mol. The van der Waals surface area contributed by atoms with E-state index in [0.717, 1.165) is 11.1 Å². The first-order valence-electron chi connectivity index (χ1n) is 6.99. The molecule has 0 radical (unpaired) electrons. The van der Waals surface area contributed by atoms with Crippen LogP contribution in [0.4, 0.5) is 11.4 Å². The number of hydrogen-bond acceptors (Lipinski definition) is 5. The van der Waals surface area contributed by atoms with Gasteiger partial charge < -0.3 is 4.57 Å². The van der Waals surface area contributed by atoms with Gasteiger partial charge in [0.05, 0.1) is 20.9 Å². The van der Waals surface area contributed by atoms with Crippen LogP contribution in [0, 0.1) is 20.2 Å². The van der Waals surface area contributed by atoms with E-state index < -0.39 is 9.85 Å². The summed E-state index contributed by atoms with van der Waals surface area (Å²) in [5.74, 6) is 0.629. The van der Waals surface area contributed by atoms with E-state index in [1.54, 1.807) is 30.4 Å². The van der Waals surface area contributed by atoms with E-state index in [-0.39, 0.29) is 11.4 Å². The first kappa shape index (κ1) is 15.3. The van der Waals surface area contributed by atoms with Gasteiger partial charge in [-0.05, 0) is 29.8 Å². The molecule has 3 rings (SSSR count). The van der Waals surface area contributed by atoms with Crippen molar-refractivity contribution in [2.24, 2.45) is 7.05 Å². The Hall–Kier alpha value is -3.55. The number of nitro groups is 2. The molecule has 0 unspecified atom stereocenters. The number of nitrogens with zero attached hydrogens (tertiary/aromatic N) is 4. The Kier molecular flexibility index (Phi) is 3.78. The van der Waals surface area contributed by atoms with Gasteiger partial charge in [0.1, 0.15) is 5.82 Å². The summed E-state index contributed by atoms with van der Waals surface area (Å²) in [6, 6.07) is 10.7. The molecular weight excluding hydrogens is 312 g/mol. The normalized spacial score (nSPS) is 11.2. The summed E-state index contributed by atoms with van der Waals surface area (Å²) < 4.78 is 1.82. The van der Waals surface area contributed by atoms with Gasteiger partial charge in [0, 0.05) is 31.3 Å². The maximum absolute atomic E-state index is 10.8. The molecule has 120 valence electrons. The fourth-order valence-electron chi connectivity index (χ4n) is 2.35. The molecule has 0 N–H and O–H groups in total. The van der Waals surface area contributed by atoms with Crippen molar-refractivity contribution in [2.45, 2.75) is 0 Å². The van der Waals surface area contributed by atoms with Crippen LogP contribution in [-0.2, 0) is 7.05 Å². The molecule has 3 aromatic rings. The molecule has 0 atom stereocenters. The minimum Gasteiger partial charge on any atom is -0.328 e. The number of non-ortho nitro benzene ring substituents is 2. The van der Waals surface area contributed by atoms with E-state index in [0.29, 0.717) is 11.3 Å². The van der Waals surface area contributed by atoms with Gasteiger partial charge in [-0.2, -0.15) is 0 Å². The van der Waals surface area contributed by atoms with Crippen LogP contribution in [0.5, 0.6) is 0 Å². The van der Waals surface area contributed by atoms with Gasteiger partial charge in [0.25, 0.3) is 11.4 Å². The van der Waals surface area contributed by atoms with Crippen LogP contribution in [0.25, 0.3) is 23.2 Å². The SMILES string of the molecule is Cn1c(C=Cc2ccc([N+](=O)[O-])cc2)nc2cc([N+](=O)[O-])ccc21. The quantitative estimate of drug-likeness (QED) is 0.539. The lowest BCUT2D eigenvalue weighted by Gasteiger charge is -1.97. The maximum atomic E-state index is 10.8. The lowest BCUT2D eigenvalue weighted by Crippen LogP contribution is -1.91. The third-order valence-corrected chi connectivity index (χ3v) is 3.64. The number of aryl methyl sites for hydroxylation is 1. The standard InChI is InChI=1S/C16H12N4O4/c1-18-15-8-7-13(20(23)24)10-14(15)17-16(18)9-4-11-2-5-12(6-3-11)19(21)22/h2-10H,1H3. The second-order valence-electron chi connectivity index (χ2n) is 5.14. The van der Waals surface area contributed by atoms with Gasteiger partial charge in [-0.1, -0.05) is 6.08 Å². The molecular formula is C16H12N4O4. The maximum Gasteiger partial charge on any atom is 0.271 e. The molecule has 0 aliphatic carbocycles. The Morgan fingerprint density at radius 1 is 0.958 bits per heavy atom. The monoisotopic (exact) mass is 324 g/mol. The first-order valence-corrected chi connectivity index (χ1v) is 6.99. The lowest BCUT2D eigenvalue weighted by atomic mass is 10.2. The highest BCUT2D eigenvalue weighted by Gasteiger charge is 2.11. The fraction of sp³-hybridized carbons (Fsp3) is 0.0625. The van der Waals surface area contributed by atoms with E-state index >= 15 is 0 Å². The largest absolute Gasteiger partial charge is 0.328 e. The molecule has 0 amide bonds. The van der Waals surface area contributed by atoms with Crippen molar-refractivity contribution in [3.8, 4) is 0 Å². The van der Waals surface area contributed by atoms with Crippen molar-refractivity contribution in [1.29, 1.82) is 0 Å².